The van der Waals surface area contributed by atoms with Gasteiger partial charge in [0.15, 0.2) is 0 Å². The molecular weight excluding hydrogens is 302 g/mol. The topological polar surface area (TPSA) is 12.0 Å². The van der Waals surface area contributed by atoms with Crippen LogP contribution >= 0.6 is 0 Å². The fraction of sp³-hybridized carbons (Fsp3) is 0.250. The van der Waals surface area contributed by atoms with Crippen LogP contribution in [0.1, 0.15) is 44.5 Å². The first-order chi connectivity index (χ1) is 12.1. The second-order valence-corrected chi connectivity index (χ2v) is 7.29. The molecule has 1 heteroatoms. The molecule has 4 rings (SSSR count). The van der Waals surface area contributed by atoms with Gasteiger partial charge in [-0.1, -0.05) is 60.7 Å². The summed E-state index contributed by atoms with van der Waals surface area (Å²) in [6.45, 7) is 9.85. The molecule has 25 heavy (non-hydrogen) atoms. The van der Waals surface area contributed by atoms with Gasteiger partial charge in [0.25, 0.3) is 0 Å². The molecule has 1 N–H and O–H groups in total. The number of fused-ring (bicyclic) bond motifs is 1. The number of benzene rings is 3. The van der Waals surface area contributed by atoms with Crippen LogP contribution in [0.25, 0.3) is 0 Å². The quantitative estimate of drug-likeness (QED) is 0.672. The summed E-state index contributed by atoms with van der Waals surface area (Å²) in [5.41, 5.74) is 10.7. The van der Waals surface area contributed by atoms with E-state index in [0.717, 1.165) is 6.54 Å². The standard InChI is InChI=1S/C24H25N/c1-16-9-7-10-17(2)22(16)24(23-18(3)11-8-12-19(23)4)21-14-6-5-13-20(21)15-25-24/h5-14,25H,15H2,1-4H3. The summed E-state index contributed by atoms with van der Waals surface area (Å²) in [6, 6.07) is 22.1. The van der Waals surface area contributed by atoms with E-state index < -0.39 is 0 Å². The summed E-state index contributed by atoms with van der Waals surface area (Å²) in [5, 5.41) is 3.93. The molecule has 0 saturated heterocycles. The maximum Gasteiger partial charge on any atom is 0.0964 e. The Morgan fingerprint density at radius 3 is 1.64 bits per heavy atom. The molecule has 0 radical (unpaired) electrons. The molecule has 0 fully saturated rings. The van der Waals surface area contributed by atoms with Crippen LogP contribution in [0.2, 0.25) is 0 Å². The van der Waals surface area contributed by atoms with Crippen LogP contribution in [0.3, 0.4) is 0 Å². The van der Waals surface area contributed by atoms with E-state index in [1.807, 2.05) is 0 Å². The van der Waals surface area contributed by atoms with E-state index in [1.165, 1.54) is 44.5 Å². The highest BCUT2D eigenvalue weighted by Gasteiger charge is 2.44. The Bertz CT molecular complexity index is 860. The highest BCUT2D eigenvalue weighted by molar-refractivity contribution is 5.62. The van der Waals surface area contributed by atoms with Gasteiger partial charge in [-0.05, 0) is 72.2 Å². The number of rotatable bonds is 2. The van der Waals surface area contributed by atoms with Crippen molar-refractivity contribution in [2.24, 2.45) is 0 Å². The van der Waals surface area contributed by atoms with Gasteiger partial charge in [0.05, 0.1) is 5.54 Å². The smallest absolute Gasteiger partial charge is 0.0964 e. The lowest BCUT2D eigenvalue weighted by atomic mass is 9.72. The average Bonchev–Trinajstić information content (AvgIpc) is 2.95. The van der Waals surface area contributed by atoms with Crippen molar-refractivity contribution in [3.8, 4) is 0 Å². The number of aryl methyl sites for hydroxylation is 4. The monoisotopic (exact) mass is 327 g/mol. The minimum Gasteiger partial charge on any atom is -0.296 e. The van der Waals surface area contributed by atoms with E-state index in [9.17, 15) is 0 Å². The normalized spacial score (nSPS) is 15.2. The zero-order valence-electron chi connectivity index (χ0n) is 15.5. The van der Waals surface area contributed by atoms with E-state index in [1.54, 1.807) is 0 Å². The zero-order valence-corrected chi connectivity index (χ0v) is 15.5. The first kappa shape index (κ1) is 16.1. The van der Waals surface area contributed by atoms with Gasteiger partial charge in [-0.25, -0.2) is 0 Å². The Balaban J connectivity index is 2.16. The van der Waals surface area contributed by atoms with Crippen molar-refractivity contribution in [1.82, 2.24) is 5.32 Å². The zero-order chi connectivity index (χ0) is 17.6. The van der Waals surface area contributed by atoms with Crippen LogP contribution in [-0.2, 0) is 12.1 Å². The molecule has 1 aliphatic rings. The van der Waals surface area contributed by atoms with Crippen LogP contribution in [0.15, 0.2) is 60.7 Å². The molecule has 3 aromatic carbocycles. The van der Waals surface area contributed by atoms with Crippen molar-refractivity contribution < 1.29 is 0 Å². The largest absolute Gasteiger partial charge is 0.296 e. The summed E-state index contributed by atoms with van der Waals surface area (Å²) < 4.78 is 0. The molecule has 3 aromatic rings. The second-order valence-electron chi connectivity index (χ2n) is 7.29. The van der Waals surface area contributed by atoms with Crippen LogP contribution in [0.4, 0.5) is 0 Å². The van der Waals surface area contributed by atoms with E-state index in [2.05, 4.69) is 93.7 Å². The number of nitrogens with one attached hydrogen (secondary N) is 1. The molecule has 1 nitrogen and oxygen atoms in total. The highest BCUT2D eigenvalue weighted by atomic mass is 15.0. The van der Waals surface area contributed by atoms with Gasteiger partial charge in [0.2, 0.25) is 0 Å². The molecule has 1 heterocycles. The molecule has 0 unspecified atom stereocenters. The van der Waals surface area contributed by atoms with Gasteiger partial charge < -0.3 is 0 Å². The van der Waals surface area contributed by atoms with Crippen molar-refractivity contribution >= 4 is 0 Å². The minimum atomic E-state index is -0.276. The average molecular weight is 327 g/mol. The first-order valence-corrected chi connectivity index (χ1v) is 9.02. The van der Waals surface area contributed by atoms with E-state index in [-0.39, 0.29) is 5.54 Å². The summed E-state index contributed by atoms with van der Waals surface area (Å²) in [7, 11) is 0. The molecule has 0 aliphatic carbocycles. The molecule has 0 atom stereocenters. The van der Waals surface area contributed by atoms with Gasteiger partial charge in [0, 0.05) is 6.54 Å². The fourth-order valence-corrected chi connectivity index (χ4v) is 4.75. The Kier molecular flexibility index (Phi) is 3.77. The van der Waals surface area contributed by atoms with Gasteiger partial charge in [-0.3, -0.25) is 5.32 Å². The molecule has 0 amide bonds. The highest BCUT2D eigenvalue weighted by Crippen LogP contribution is 2.46. The predicted octanol–water partition coefficient (Wildman–Crippen LogP) is 5.32. The maximum absolute atomic E-state index is 3.93. The summed E-state index contributed by atoms with van der Waals surface area (Å²) in [5.74, 6) is 0. The van der Waals surface area contributed by atoms with Crippen molar-refractivity contribution in [3.63, 3.8) is 0 Å². The fourth-order valence-electron chi connectivity index (χ4n) is 4.75. The van der Waals surface area contributed by atoms with Gasteiger partial charge in [0.1, 0.15) is 0 Å². The van der Waals surface area contributed by atoms with Crippen molar-refractivity contribution in [1.29, 1.82) is 0 Å². The van der Waals surface area contributed by atoms with E-state index in [4.69, 9.17) is 0 Å². The summed E-state index contributed by atoms with van der Waals surface area (Å²) >= 11 is 0. The van der Waals surface area contributed by atoms with Gasteiger partial charge in [-0.2, -0.15) is 0 Å². The third kappa shape index (κ3) is 2.26. The van der Waals surface area contributed by atoms with Crippen molar-refractivity contribution in [2.75, 3.05) is 0 Å². The Morgan fingerprint density at radius 2 is 1.12 bits per heavy atom. The molecule has 126 valence electrons. The molecule has 1 aliphatic heterocycles. The Hall–Kier alpha value is -2.38. The Morgan fingerprint density at radius 1 is 0.640 bits per heavy atom. The molecule has 0 saturated carbocycles. The third-order valence-corrected chi connectivity index (χ3v) is 5.68. The van der Waals surface area contributed by atoms with Crippen LogP contribution < -0.4 is 5.32 Å². The summed E-state index contributed by atoms with van der Waals surface area (Å²) in [4.78, 5) is 0. The van der Waals surface area contributed by atoms with Crippen LogP contribution in [0.5, 0.6) is 0 Å². The van der Waals surface area contributed by atoms with Gasteiger partial charge >= 0.3 is 0 Å². The van der Waals surface area contributed by atoms with Crippen molar-refractivity contribution in [2.45, 2.75) is 39.8 Å². The molecule has 0 bridgehead atoms. The summed E-state index contributed by atoms with van der Waals surface area (Å²) in [6.07, 6.45) is 0. The minimum absolute atomic E-state index is 0.276. The van der Waals surface area contributed by atoms with Crippen LogP contribution in [-0.4, -0.2) is 0 Å². The lowest BCUT2D eigenvalue weighted by molar-refractivity contribution is 0.508. The SMILES string of the molecule is Cc1cccc(C)c1C1(c2c(C)cccc2C)NCc2ccccc21. The number of hydrogen-bond acceptors (Lipinski definition) is 1. The van der Waals surface area contributed by atoms with Crippen LogP contribution in [0, 0.1) is 27.7 Å². The van der Waals surface area contributed by atoms with Crippen molar-refractivity contribution in [3.05, 3.63) is 105 Å². The Labute approximate surface area is 150 Å². The number of hydrogen-bond donors (Lipinski definition) is 1. The lowest BCUT2D eigenvalue weighted by Crippen LogP contribution is -2.41. The molecule has 0 aromatic heterocycles. The van der Waals surface area contributed by atoms with E-state index >= 15 is 0 Å². The van der Waals surface area contributed by atoms with Gasteiger partial charge in [-0.15, -0.1) is 0 Å². The second kappa shape index (κ2) is 5.86. The molecular formula is C24H25N. The predicted molar refractivity (Wildman–Crippen MR) is 105 cm³/mol. The maximum atomic E-state index is 3.93. The third-order valence-electron chi connectivity index (χ3n) is 5.68. The first-order valence-electron chi connectivity index (χ1n) is 9.02. The molecule has 0 spiro atoms. The lowest BCUT2D eigenvalue weighted by Gasteiger charge is -2.37. The van der Waals surface area contributed by atoms with E-state index in [0.29, 0.717) is 0 Å².